The molecule has 0 fully saturated rings. The zero-order valence-electron chi connectivity index (χ0n) is 10.4. The van der Waals surface area contributed by atoms with Gasteiger partial charge in [-0.1, -0.05) is 12.1 Å². The molecule has 1 aromatic carbocycles. The Morgan fingerprint density at radius 3 is 2.72 bits per heavy atom. The van der Waals surface area contributed by atoms with E-state index in [9.17, 15) is 0 Å². The van der Waals surface area contributed by atoms with Crippen LogP contribution in [0.25, 0.3) is 0 Å². The van der Waals surface area contributed by atoms with Crippen molar-refractivity contribution < 1.29 is 0 Å². The van der Waals surface area contributed by atoms with E-state index in [2.05, 4.69) is 46.1 Å². The Labute approximate surface area is 121 Å². The molecule has 1 aromatic heterocycles. The summed E-state index contributed by atoms with van der Waals surface area (Å²) in [4.78, 5) is 0. The first-order valence-electron chi connectivity index (χ1n) is 5.67. The largest absolute Gasteiger partial charge is 0.380 e. The number of para-hydroxylation sites is 1. The van der Waals surface area contributed by atoms with Gasteiger partial charge in [0.2, 0.25) is 0 Å². The van der Waals surface area contributed by atoms with Crippen LogP contribution in [0.2, 0.25) is 0 Å². The first-order chi connectivity index (χ1) is 8.63. The predicted octanol–water partition coefficient (Wildman–Crippen LogP) is 3.42. The molecule has 2 aromatic rings. The number of anilines is 1. The number of hydrogen-bond donors (Lipinski definition) is 1. The molecule has 0 aliphatic heterocycles. The van der Waals surface area contributed by atoms with Crippen LogP contribution in [-0.2, 0) is 13.6 Å². The van der Waals surface area contributed by atoms with Gasteiger partial charge < -0.3 is 9.88 Å². The fraction of sp³-hybridized carbons (Fsp3) is 0.214. The summed E-state index contributed by atoms with van der Waals surface area (Å²) < 4.78 is 3.12. The summed E-state index contributed by atoms with van der Waals surface area (Å²) in [6.45, 7) is 2.77. The van der Waals surface area contributed by atoms with E-state index in [0.717, 1.165) is 23.5 Å². The number of halogens is 1. The van der Waals surface area contributed by atoms with Crippen LogP contribution in [0, 0.1) is 21.8 Å². The summed E-state index contributed by atoms with van der Waals surface area (Å²) in [5, 5.41) is 12.4. The highest BCUT2D eigenvalue weighted by Crippen LogP contribution is 2.20. The quantitative estimate of drug-likeness (QED) is 0.861. The standard InChI is InChI=1S/C14H14IN3/c1-10-11(7-12(8-16)18(10)2)9-17-14-6-4-3-5-13(14)15/h3-7,17H,9H2,1-2H3. The molecule has 18 heavy (non-hydrogen) atoms. The SMILES string of the molecule is Cc1c(CNc2ccccc2I)cc(C#N)n1C. The summed E-state index contributed by atoms with van der Waals surface area (Å²) in [5.41, 5.74) is 4.12. The van der Waals surface area contributed by atoms with Crippen molar-refractivity contribution in [3.8, 4) is 6.07 Å². The van der Waals surface area contributed by atoms with Crippen molar-refractivity contribution in [2.45, 2.75) is 13.5 Å². The number of rotatable bonds is 3. The number of nitrogens with one attached hydrogen (secondary N) is 1. The van der Waals surface area contributed by atoms with Gasteiger partial charge in [0.1, 0.15) is 11.8 Å². The molecule has 0 bridgehead atoms. The molecule has 1 heterocycles. The van der Waals surface area contributed by atoms with E-state index < -0.39 is 0 Å². The Balaban J connectivity index is 2.17. The molecule has 2 rings (SSSR count). The summed E-state index contributed by atoms with van der Waals surface area (Å²) in [7, 11) is 1.92. The van der Waals surface area contributed by atoms with Crippen LogP contribution in [0.3, 0.4) is 0 Å². The van der Waals surface area contributed by atoms with Crippen molar-refractivity contribution in [2.24, 2.45) is 7.05 Å². The zero-order chi connectivity index (χ0) is 13.1. The average Bonchev–Trinajstić information content (AvgIpc) is 2.65. The third-order valence-corrected chi connectivity index (χ3v) is 4.04. The summed E-state index contributed by atoms with van der Waals surface area (Å²) in [6, 6.07) is 12.3. The van der Waals surface area contributed by atoms with Gasteiger partial charge in [-0.15, -0.1) is 0 Å². The highest BCUT2D eigenvalue weighted by molar-refractivity contribution is 14.1. The minimum atomic E-state index is 0.701. The van der Waals surface area contributed by atoms with E-state index in [-0.39, 0.29) is 0 Å². The second-order valence-electron chi connectivity index (χ2n) is 4.14. The summed E-state index contributed by atoms with van der Waals surface area (Å²) in [6.07, 6.45) is 0. The number of hydrogen-bond acceptors (Lipinski definition) is 2. The Morgan fingerprint density at radius 2 is 2.11 bits per heavy atom. The van der Waals surface area contributed by atoms with Gasteiger partial charge in [-0.25, -0.2) is 0 Å². The fourth-order valence-electron chi connectivity index (χ4n) is 1.84. The van der Waals surface area contributed by atoms with E-state index in [1.165, 1.54) is 3.57 Å². The third-order valence-electron chi connectivity index (χ3n) is 3.10. The van der Waals surface area contributed by atoms with Gasteiger partial charge in [0.05, 0.1) is 0 Å². The van der Waals surface area contributed by atoms with Crippen LogP contribution in [0.5, 0.6) is 0 Å². The number of benzene rings is 1. The molecule has 1 N–H and O–H groups in total. The van der Waals surface area contributed by atoms with Gasteiger partial charge >= 0.3 is 0 Å². The lowest BCUT2D eigenvalue weighted by atomic mass is 10.2. The molecule has 3 nitrogen and oxygen atoms in total. The minimum absolute atomic E-state index is 0.701. The number of nitrogens with zero attached hydrogens (tertiary/aromatic N) is 2. The Kier molecular flexibility index (Phi) is 3.92. The van der Waals surface area contributed by atoms with Crippen LogP contribution < -0.4 is 5.32 Å². The summed E-state index contributed by atoms with van der Waals surface area (Å²) >= 11 is 2.31. The zero-order valence-corrected chi connectivity index (χ0v) is 12.5. The maximum Gasteiger partial charge on any atom is 0.120 e. The van der Waals surface area contributed by atoms with Crippen molar-refractivity contribution in [1.29, 1.82) is 5.26 Å². The second kappa shape index (κ2) is 5.44. The van der Waals surface area contributed by atoms with Crippen LogP contribution in [0.1, 0.15) is 17.0 Å². The third kappa shape index (κ3) is 2.51. The Bertz CT molecular complexity index is 608. The lowest BCUT2D eigenvalue weighted by Crippen LogP contribution is -2.02. The molecule has 0 saturated heterocycles. The Morgan fingerprint density at radius 1 is 1.39 bits per heavy atom. The normalized spacial score (nSPS) is 10.1. The first kappa shape index (κ1) is 13.0. The van der Waals surface area contributed by atoms with Crippen molar-refractivity contribution in [1.82, 2.24) is 4.57 Å². The molecular formula is C14H14IN3. The summed E-state index contributed by atoms with van der Waals surface area (Å²) in [5.74, 6) is 0. The van der Waals surface area contributed by atoms with Gasteiger partial charge in [-0.3, -0.25) is 0 Å². The Hall–Kier alpha value is -1.48. The van der Waals surface area contributed by atoms with E-state index >= 15 is 0 Å². The smallest absolute Gasteiger partial charge is 0.120 e. The molecule has 0 aliphatic carbocycles. The van der Waals surface area contributed by atoms with Gasteiger partial charge in [0.25, 0.3) is 0 Å². The van der Waals surface area contributed by atoms with Crippen LogP contribution in [0.4, 0.5) is 5.69 Å². The molecule has 0 radical (unpaired) electrons. The monoisotopic (exact) mass is 351 g/mol. The molecule has 0 amide bonds. The predicted molar refractivity (Wildman–Crippen MR) is 81.4 cm³/mol. The van der Waals surface area contributed by atoms with Crippen LogP contribution in [0.15, 0.2) is 30.3 Å². The highest BCUT2D eigenvalue weighted by atomic mass is 127. The van der Waals surface area contributed by atoms with E-state index in [1.54, 1.807) is 0 Å². The number of nitriles is 1. The molecule has 0 unspecified atom stereocenters. The second-order valence-corrected chi connectivity index (χ2v) is 5.31. The lowest BCUT2D eigenvalue weighted by molar-refractivity contribution is 0.856. The maximum atomic E-state index is 8.99. The van der Waals surface area contributed by atoms with E-state index in [1.807, 2.05) is 36.7 Å². The lowest BCUT2D eigenvalue weighted by Gasteiger charge is -2.08. The molecule has 0 spiro atoms. The topological polar surface area (TPSA) is 40.8 Å². The van der Waals surface area contributed by atoms with Crippen LogP contribution in [-0.4, -0.2) is 4.57 Å². The van der Waals surface area contributed by atoms with Gasteiger partial charge in [0.15, 0.2) is 0 Å². The van der Waals surface area contributed by atoms with Crippen molar-refractivity contribution >= 4 is 28.3 Å². The first-order valence-corrected chi connectivity index (χ1v) is 6.75. The van der Waals surface area contributed by atoms with E-state index in [4.69, 9.17) is 5.26 Å². The fourth-order valence-corrected chi connectivity index (χ4v) is 2.42. The maximum absolute atomic E-state index is 8.99. The van der Waals surface area contributed by atoms with Crippen molar-refractivity contribution in [3.63, 3.8) is 0 Å². The molecule has 0 atom stereocenters. The molecular weight excluding hydrogens is 337 g/mol. The minimum Gasteiger partial charge on any atom is -0.380 e. The number of aromatic nitrogens is 1. The molecule has 0 saturated carbocycles. The molecule has 92 valence electrons. The van der Waals surface area contributed by atoms with Gasteiger partial charge in [-0.2, -0.15) is 5.26 Å². The molecule has 4 heteroatoms. The van der Waals surface area contributed by atoms with Gasteiger partial charge in [0, 0.05) is 28.5 Å². The van der Waals surface area contributed by atoms with Gasteiger partial charge in [-0.05, 0) is 53.3 Å². The van der Waals surface area contributed by atoms with E-state index in [0.29, 0.717) is 5.69 Å². The highest BCUT2D eigenvalue weighted by Gasteiger charge is 2.08. The van der Waals surface area contributed by atoms with Crippen molar-refractivity contribution in [2.75, 3.05) is 5.32 Å². The average molecular weight is 351 g/mol. The van der Waals surface area contributed by atoms with Crippen LogP contribution >= 0.6 is 22.6 Å². The van der Waals surface area contributed by atoms with Crippen molar-refractivity contribution in [3.05, 3.63) is 50.9 Å². The molecule has 0 aliphatic rings.